The molecule has 2 aromatic heterocycles. The van der Waals surface area contributed by atoms with E-state index in [2.05, 4.69) is 17.2 Å². The van der Waals surface area contributed by atoms with Gasteiger partial charge in [-0.15, -0.1) is 11.3 Å². The maximum absolute atomic E-state index is 12.7. The number of nitrogens with one attached hydrogen (secondary N) is 1. The van der Waals surface area contributed by atoms with Gasteiger partial charge in [0.25, 0.3) is 0 Å². The zero-order chi connectivity index (χ0) is 16.7. The SMILES string of the molecule is C[C@@H]1C[C@H]1C(=O)N1Cc2cncn2[C@@H](C(=O)NCc2cccs2)C1. The van der Waals surface area contributed by atoms with Crippen LogP contribution in [0.5, 0.6) is 0 Å². The molecular formula is C17H20N4O2S. The van der Waals surface area contributed by atoms with Gasteiger partial charge in [0, 0.05) is 17.0 Å². The van der Waals surface area contributed by atoms with Gasteiger partial charge in [0.2, 0.25) is 11.8 Å². The molecule has 0 aromatic carbocycles. The fraction of sp³-hybridized carbons (Fsp3) is 0.471. The molecule has 4 rings (SSSR count). The lowest BCUT2D eigenvalue weighted by Gasteiger charge is -2.34. The molecule has 0 saturated heterocycles. The van der Waals surface area contributed by atoms with Gasteiger partial charge in [-0.25, -0.2) is 4.98 Å². The first-order valence-electron chi connectivity index (χ1n) is 8.23. The lowest BCUT2D eigenvalue weighted by Crippen LogP contribution is -2.46. The summed E-state index contributed by atoms with van der Waals surface area (Å²) in [5.74, 6) is 0.708. The summed E-state index contributed by atoms with van der Waals surface area (Å²) in [6.07, 6.45) is 4.39. The van der Waals surface area contributed by atoms with Crippen LogP contribution in [0.15, 0.2) is 30.0 Å². The fourth-order valence-electron chi connectivity index (χ4n) is 3.27. The van der Waals surface area contributed by atoms with Crippen molar-refractivity contribution in [3.05, 3.63) is 40.6 Å². The van der Waals surface area contributed by atoms with Gasteiger partial charge in [0.05, 0.1) is 31.7 Å². The highest BCUT2D eigenvalue weighted by Gasteiger charge is 2.43. The maximum Gasteiger partial charge on any atom is 0.245 e. The molecule has 126 valence electrons. The second-order valence-corrected chi connectivity index (χ2v) is 7.68. The number of fused-ring (bicyclic) bond motifs is 1. The molecule has 1 aliphatic heterocycles. The summed E-state index contributed by atoms with van der Waals surface area (Å²) in [6.45, 7) is 3.57. The van der Waals surface area contributed by atoms with Crippen LogP contribution in [0.1, 0.15) is 30.0 Å². The lowest BCUT2D eigenvalue weighted by molar-refractivity contribution is -0.136. The quantitative estimate of drug-likeness (QED) is 0.920. The van der Waals surface area contributed by atoms with Crippen LogP contribution in [0.4, 0.5) is 0 Å². The number of rotatable bonds is 4. The van der Waals surface area contributed by atoms with Crippen LogP contribution in [0.25, 0.3) is 0 Å². The van der Waals surface area contributed by atoms with E-state index in [1.165, 1.54) is 0 Å². The van der Waals surface area contributed by atoms with Gasteiger partial charge in [0.15, 0.2) is 0 Å². The first kappa shape index (κ1) is 15.4. The number of imidazole rings is 1. The van der Waals surface area contributed by atoms with Crippen LogP contribution in [-0.4, -0.2) is 32.8 Å². The van der Waals surface area contributed by atoms with Crippen molar-refractivity contribution >= 4 is 23.2 Å². The molecule has 7 heteroatoms. The summed E-state index contributed by atoms with van der Waals surface area (Å²) in [4.78, 5) is 32.4. The minimum absolute atomic E-state index is 0.0657. The Bertz CT molecular complexity index is 754. The Hall–Kier alpha value is -2.15. The second kappa shape index (κ2) is 6.05. The van der Waals surface area contributed by atoms with Crippen LogP contribution in [0.3, 0.4) is 0 Å². The Balaban J connectivity index is 1.48. The predicted octanol–water partition coefficient (Wildman–Crippen LogP) is 1.80. The third-order valence-electron chi connectivity index (χ3n) is 4.89. The number of nitrogens with zero attached hydrogens (tertiary/aromatic N) is 3. The van der Waals surface area contributed by atoms with Crippen molar-refractivity contribution in [2.24, 2.45) is 11.8 Å². The first-order valence-corrected chi connectivity index (χ1v) is 9.11. The Morgan fingerprint density at radius 1 is 1.46 bits per heavy atom. The summed E-state index contributed by atoms with van der Waals surface area (Å²) in [7, 11) is 0. The molecular weight excluding hydrogens is 324 g/mol. The lowest BCUT2D eigenvalue weighted by atomic mass is 10.1. The van der Waals surface area contributed by atoms with E-state index in [4.69, 9.17) is 0 Å². The maximum atomic E-state index is 12.7. The van der Waals surface area contributed by atoms with Crippen molar-refractivity contribution in [2.75, 3.05) is 6.54 Å². The summed E-state index contributed by atoms with van der Waals surface area (Å²) < 4.78 is 1.89. The van der Waals surface area contributed by atoms with Gasteiger partial charge < -0.3 is 14.8 Å². The molecule has 6 nitrogen and oxygen atoms in total. The zero-order valence-electron chi connectivity index (χ0n) is 13.5. The standard InChI is InChI=1S/C17H20N4O2S/c1-11-5-14(11)17(23)20-8-12-6-18-10-21(12)15(9-20)16(22)19-7-13-3-2-4-24-13/h2-4,6,10-11,14-15H,5,7-9H2,1H3,(H,19,22)/t11-,14-,15-/m1/s1. The highest BCUT2D eigenvalue weighted by Crippen LogP contribution is 2.40. The summed E-state index contributed by atoms with van der Waals surface area (Å²) >= 11 is 1.62. The molecule has 3 atom stereocenters. The van der Waals surface area contributed by atoms with E-state index >= 15 is 0 Å². The Labute approximate surface area is 144 Å². The average Bonchev–Trinajstić information content (AvgIpc) is 3.01. The monoisotopic (exact) mass is 344 g/mol. The van der Waals surface area contributed by atoms with E-state index in [0.29, 0.717) is 25.6 Å². The van der Waals surface area contributed by atoms with E-state index < -0.39 is 6.04 Å². The van der Waals surface area contributed by atoms with Crippen molar-refractivity contribution < 1.29 is 9.59 Å². The molecule has 1 N–H and O–H groups in total. The van der Waals surface area contributed by atoms with Gasteiger partial charge in [-0.1, -0.05) is 13.0 Å². The smallest absolute Gasteiger partial charge is 0.245 e. The number of carbonyl (C=O) groups excluding carboxylic acids is 2. The number of hydrogen-bond acceptors (Lipinski definition) is 4. The molecule has 1 aliphatic carbocycles. The van der Waals surface area contributed by atoms with Gasteiger partial charge in [-0.05, 0) is 23.8 Å². The molecule has 0 spiro atoms. The van der Waals surface area contributed by atoms with Crippen LogP contribution < -0.4 is 5.32 Å². The Morgan fingerprint density at radius 3 is 3.00 bits per heavy atom. The normalized spacial score (nSPS) is 25.2. The summed E-state index contributed by atoms with van der Waals surface area (Å²) in [5, 5.41) is 4.98. The number of aromatic nitrogens is 2. The number of carbonyl (C=O) groups is 2. The summed E-state index contributed by atoms with van der Waals surface area (Å²) in [6, 6.07) is 3.56. The van der Waals surface area contributed by atoms with Crippen LogP contribution >= 0.6 is 11.3 Å². The van der Waals surface area contributed by atoms with E-state index in [-0.39, 0.29) is 17.7 Å². The van der Waals surface area contributed by atoms with Crippen LogP contribution in [0.2, 0.25) is 0 Å². The average molecular weight is 344 g/mol. The molecule has 3 heterocycles. The summed E-state index contributed by atoms with van der Waals surface area (Å²) in [5.41, 5.74) is 0.916. The number of thiophene rings is 1. The molecule has 24 heavy (non-hydrogen) atoms. The van der Waals surface area contributed by atoms with Gasteiger partial charge >= 0.3 is 0 Å². The van der Waals surface area contributed by atoms with Crippen LogP contribution in [0, 0.1) is 11.8 Å². The predicted molar refractivity (Wildman–Crippen MR) is 90.1 cm³/mol. The Morgan fingerprint density at radius 2 is 2.29 bits per heavy atom. The highest BCUT2D eigenvalue weighted by atomic mass is 32.1. The van der Waals surface area contributed by atoms with Gasteiger partial charge in [-0.3, -0.25) is 9.59 Å². The van der Waals surface area contributed by atoms with E-state index in [1.54, 1.807) is 23.9 Å². The second-order valence-electron chi connectivity index (χ2n) is 6.64. The molecule has 2 aliphatic rings. The van der Waals surface area contributed by atoms with Crippen molar-refractivity contribution in [1.82, 2.24) is 19.8 Å². The minimum atomic E-state index is -0.408. The highest BCUT2D eigenvalue weighted by molar-refractivity contribution is 7.09. The zero-order valence-corrected chi connectivity index (χ0v) is 14.3. The molecule has 0 bridgehead atoms. The van der Waals surface area contributed by atoms with Gasteiger partial charge in [-0.2, -0.15) is 0 Å². The molecule has 1 saturated carbocycles. The molecule has 1 fully saturated rings. The van der Waals surface area contributed by atoms with Crippen molar-refractivity contribution in [3.8, 4) is 0 Å². The first-order chi connectivity index (χ1) is 11.6. The van der Waals surface area contributed by atoms with Crippen molar-refractivity contribution in [2.45, 2.75) is 32.5 Å². The third kappa shape index (κ3) is 2.84. The molecule has 2 aromatic rings. The van der Waals surface area contributed by atoms with E-state index in [9.17, 15) is 9.59 Å². The van der Waals surface area contributed by atoms with E-state index in [0.717, 1.165) is 17.0 Å². The molecule has 2 amide bonds. The fourth-order valence-corrected chi connectivity index (χ4v) is 3.92. The third-order valence-corrected chi connectivity index (χ3v) is 5.76. The van der Waals surface area contributed by atoms with Crippen molar-refractivity contribution in [1.29, 1.82) is 0 Å². The minimum Gasteiger partial charge on any atom is -0.349 e. The molecule has 0 radical (unpaired) electrons. The number of amides is 2. The van der Waals surface area contributed by atoms with Crippen LogP contribution in [-0.2, 0) is 22.7 Å². The largest absolute Gasteiger partial charge is 0.349 e. The van der Waals surface area contributed by atoms with Gasteiger partial charge in [0.1, 0.15) is 6.04 Å². The number of hydrogen-bond donors (Lipinski definition) is 1. The Kier molecular flexibility index (Phi) is 3.88. The van der Waals surface area contributed by atoms with Crippen molar-refractivity contribution in [3.63, 3.8) is 0 Å². The molecule has 0 unspecified atom stereocenters. The van der Waals surface area contributed by atoms with E-state index in [1.807, 2.05) is 27.0 Å². The topological polar surface area (TPSA) is 67.2 Å².